The molecule has 0 aliphatic carbocycles. The van der Waals surface area contributed by atoms with Crippen molar-refractivity contribution in [2.45, 2.75) is 6.42 Å². The highest BCUT2D eigenvalue weighted by molar-refractivity contribution is 9.09. The zero-order chi connectivity index (χ0) is 10.8. The third-order valence-corrected chi connectivity index (χ3v) is 3.45. The van der Waals surface area contributed by atoms with E-state index in [1.807, 2.05) is 0 Å². The van der Waals surface area contributed by atoms with Crippen LogP contribution in [0.2, 0.25) is 5.15 Å². The lowest BCUT2D eigenvalue weighted by Gasteiger charge is -2.15. The number of hydrogen-bond donors (Lipinski definition) is 0. The van der Waals surface area contributed by atoms with Gasteiger partial charge in [-0.2, -0.15) is 5.10 Å². The third kappa shape index (κ3) is 2.29. The zero-order valence-corrected chi connectivity index (χ0v) is 10.2. The molecule has 0 radical (unpaired) electrons. The van der Waals surface area contributed by atoms with Gasteiger partial charge in [0, 0.05) is 24.4 Å². The van der Waals surface area contributed by atoms with Crippen LogP contribution >= 0.6 is 27.5 Å². The SMILES string of the molecule is O=C1CC(CBr)CN1c1cnnc(Cl)c1. The average Bonchev–Trinajstić information content (AvgIpc) is 2.60. The molecule has 4 nitrogen and oxygen atoms in total. The molecule has 0 aromatic carbocycles. The van der Waals surface area contributed by atoms with Crippen LogP contribution in [0.1, 0.15) is 6.42 Å². The van der Waals surface area contributed by atoms with Crippen molar-refractivity contribution in [1.82, 2.24) is 10.2 Å². The van der Waals surface area contributed by atoms with Crippen LogP contribution in [0.25, 0.3) is 0 Å². The van der Waals surface area contributed by atoms with Crippen molar-refractivity contribution >= 4 is 39.1 Å². The summed E-state index contributed by atoms with van der Waals surface area (Å²) >= 11 is 9.11. The van der Waals surface area contributed by atoms with Gasteiger partial charge < -0.3 is 4.90 Å². The maximum atomic E-state index is 11.7. The second kappa shape index (κ2) is 4.45. The lowest BCUT2D eigenvalue weighted by molar-refractivity contribution is -0.117. The van der Waals surface area contributed by atoms with Crippen molar-refractivity contribution in [3.8, 4) is 0 Å². The highest BCUT2D eigenvalue weighted by atomic mass is 79.9. The highest BCUT2D eigenvalue weighted by Gasteiger charge is 2.30. The van der Waals surface area contributed by atoms with Crippen molar-refractivity contribution < 1.29 is 4.79 Å². The van der Waals surface area contributed by atoms with Gasteiger partial charge in [-0.3, -0.25) is 4.79 Å². The number of amides is 1. The summed E-state index contributed by atoms with van der Waals surface area (Å²) in [5, 5.41) is 8.51. The Hall–Kier alpha value is -0.680. The van der Waals surface area contributed by atoms with Crippen LogP contribution in [-0.2, 0) is 4.79 Å². The van der Waals surface area contributed by atoms with Crippen molar-refractivity contribution in [2.24, 2.45) is 5.92 Å². The molecule has 2 rings (SSSR count). The lowest BCUT2D eigenvalue weighted by atomic mass is 10.2. The Bertz CT molecular complexity index is 387. The van der Waals surface area contributed by atoms with Crippen LogP contribution in [0.4, 0.5) is 5.69 Å². The van der Waals surface area contributed by atoms with Gasteiger partial charge in [0.25, 0.3) is 0 Å². The molecule has 1 aromatic heterocycles. The van der Waals surface area contributed by atoms with Crippen molar-refractivity contribution in [2.75, 3.05) is 16.8 Å². The Kier molecular flexibility index (Phi) is 3.21. The number of hydrogen-bond acceptors (Lipinski definition) is 3. The van der Waals surface area contributed by atoms with Crippen LogP contribution in [0.15, 0.2) is 12.3 Å². The van der Waals surface area contributed by atoms with E-state index in [4.69, 9.17) is 11.6 Å². The topological polar surface area (TPSA) is 46.1 Å². The van der Waals surface area contributed by atoms with Gasteiger partial charge in [0.15, 0.2) is 5.15 Å². The van der Waals surface area contributed by atoms with Crippen molar-refractivity contribution in [3.05, 3.63) is 17.4 Å². The Morgan fingerprint density at radius 1 is 1.67 bits per heavy atom. The molecule has 1 fully saturated rings. The van der Waals surface area contributed by atoms with E-state index >= 15 is 0 Å². The largest absolute Gasteiger partial charge is 0.310 e. The molecule has 1 amide bonds. The molecular weight excluding hydrogens is 281 g/mol. The summed E-state index contributed by atoms with van der Waals surface area (Å²) in [5.74, 6) is 0.480. The first-order valence-electron chi connectivity index (χ1n) is 4.55. The number of rotatable bonds is 2. The maximum Gasteiger partial charge on any atom is 0.227 e. The van der Waals surface area contributed by atoms with Gasteiger partial charge in [-0.15, -0.1) is 5.10 Å². The predicted octanol–water partition coefficient (Wildman–Crippen LogP) is 1.88. The smallest absolute Gasteiger partial charge is 0.227 e. The first-order valence-corrected chi connectivity index (χ1v) is 6.05. The summed E-state index contributed by atoms with van der Waals surface area (Å²) < 4.78 is 0. The molecule has 1 aliphatic heterocycles. The van der Waals surface area contributed by atoms with Gasteiger partial charge in [-0.05, 0) is 5.92 Å². The van der Waals surface area contributed by atoms with Crippen LogP contribution < -0.4 is 4.90 Å². The summed E-state index contributed by atoms with van der Waals surface area (Å²) in [6, 6.07) is 1.66. The predicted molar refractivity (Wildman–Crippen MR) is 61.3 cm³/mol. The fourth-order valence-corrected chi connectivity index (χ4v) is 2.20. The van der Waals surface area contributed by atoms with E-state index in [1.54, 1.807) is 17.2 Å². The molecule has 0 spiro atoms. The minimum atomic E-state index is 0.114. The van der Waals surface area contributed by atoms with Crippen LogP contribution in [-0.4, -0.2) is 28.0 Å². The van der Waals surface area contributed by atoms with Crippen LogP contribution in [0.5, 0.6) is 0 Å². The van der Waals surface area contributed by atoms with E-state index in [0.717, 1.165) is 11.0 Å². The second-order valence-corrected chi connectivity index (χ2v) is 4.50. The molecule has 2 heterocycles. The Morgan fingerprint density at radius 3 is 3.07 bits per heavy atom. The summed E-state index contributed by atoms with van der Waals surface area (Å²) in [4.78, 5) is 13.4. The number of halogens is 2. The molecule has 15 heavy (non-hydrogen) atoms. The van der Waals surface area contributed by atoms with Crippen LogP contribution in [0, 0.1) is 5.92 Å². The van der Waals surface area contributed by atoms with Gasteiger partial charge in [0.05, 0.1) is 11.9 Å². The van der Waals surface area contributed by atoms with Gasteiger partial charge in [0.1, 0.15) is 0 Å². The Balaban J connectivity index is 2.21. The van der Waals surface area contributed by atoms with E-state index in [9.17, 15) is 4.79 Å². The van der Waals surface area contributed by atoms with E-state index in [1.165, 1.54) is 0 Å². The first kappa shape index (κ1) is 10.8. The molecular formula is C9H9BrClN3O. The summed E-state index contributed by atoms with van der Waals surface area (Å²) in [5.41, 5.74) is 0.725. The van der Waals surface area contributed by atoms with E-state index in [-0.39, 0.29) is 5.91 Å². The second-order valence-electron chi connectivity index (χ2n) is 3.47. The average molecular weight is 291 g/mol. The number of carbonyl (C=O) groups is 1. The van der Waals surface area contributed by atoms with Crippen molar-refractivity contribution in [1.29, 1.82) is 0 Å². The monoisotopic (exact) mass is 289 g/mol. The zero-order valence-electron chi connectivity index (χ0n) is 7.86. The fraction of sp³-hybridized carbons (Fsp3) is 0.444. The third-order valence-electron chi connectivity index (χ3n) is 2.35. The summed E-state index contributed by atoms with van der Waals surface area (Å²) in [7, 11) is 0. The molecule has 6 heteroatoms. The van der Waals surface area contributed by atoms with E-state index in [2.05, 4.69) is 26.1 Å². The van der Waals surface area contributed by atoms with E-state index in [0.29, 0.717) is 24.0 Å². The van der Waals surface area contributed by atoms with Crippen molar-refractivity contribution in [3.63, 3.8) is 0 Å². The number of alkyl halides is 1. The minimum absolute atomic E-state index is 0.114. The van der Waals surface area contributed by atoms with Gasteiger partial charge >= 0.3 is 0 Å². The number of aromatic nitrogens is 2. The Morgan fingerprint density at radius 2 is 2.47 bits per heavy atom. The lowest BCUT2D eigenvalue weighted by Crippen LogP contribution is -2.24. The van der Waals surface area contributed by atoms with Crippen LogP contribution in [0.3, 0.4) is 0 Å². The summed E-state index contributed by atoms with van der Waals surface area (Å²) in [6.45, 7) is 0.714. The van der Waals surface area contributed by atoms with Gasteiger partial charge in [-0.25, -0.2) is 0 Å². The minimum Gasteiger partial charge on any atom is -0.310 e. The standard InChI is InChI=1S/C9H9BrClN3O/c10-3-6-1-9(15)14(5-6)7-2-8(11)13-12-4-7/h2,4,6H,1,3,5H2. The van der Waals surface area contributed by atoms with E-state index < -0.39 is 0 Å². The first-order chi connectivity index (χ1) is 7.20. The molecule has 1 unspecified atom stereocenters. The quantitative estimate of drug-likeness (QED) is 0.781. The molecule has 0 bridgehead atoms. The van der Waals surface area contributed by atoms with Gasteiger partial charge in [-0.1, -0.05) is 27.5 Å². The molecule has 80 valence electrons. The molecule has 1 saturated heterocycles. The molecule has 0 N–H and O–H groups in total. The fourth-order valence-electron chi connectivity index (χ4n) is 1.61. The summed E-state index contributed by atoms with van der Waals surface area (Å²) in [6.07, 6.45) is 2.13. The highest BCUT2D eigenvalue weighted by Crippen LogP contribution is 2.26. The number of anilines is 1. The Labute approximate surface area is 101 Å². The van der Waals surface area contributed by atoms with Gasteiger partial charge in [0.2, 0.25) is 5.91 Å². The maximum absolute atomic E-state index is 11.7. The molecule has 0 saturated carbocycles. The molecule has 1 atom stereocenters. The molecule has 1 aliphatic rings. The number of nitrogens with zero attached hydrogens (tertiary/aromatic N) is 3. The number of carbonyl (C=O) groups excluding carboxylic acids is 1. The normalized spacial score (nSPS) is 21.1. The molecule has 1 aromatic rings.